The van der Waals surface area contributed by atoms with Crippen LogP contribution in [0.2, 0.25) is 0 Å². The standard InChI is InChI=1S/C13H11F2N3O4S/c1-5-10(12(19)22-2)11(17-13(23)16-5)6-3-9(18(20)21)8(15)4-7(6)14/h3-4,11H,1-2H3,(H2,16,17,23). The third-order valence-corrected chi connectivity index (χ3v) is 3.47. The van der Waals surface area contributed by atoms with Crippen LogP contribution < -0.4 is 10.6 Å². The number of benzene rings is 1. The molecule has 0 bridgehead atoms. The molecule has 1 heterocycles. The molecule has 1 atom stereocenters. The zero-order valence-corrected chi connectivity index (χ0v) is 12.8. The van der Waals surface area contributed by atoms with Gasteiger partial charge >= 0.3 is 11.7 Å². The molecule has 1 aliphatic rings. The molecule has 1 aromatic rings. The van der Waals surface area contributed by atoms with E-state index in [2.05, 4.69) is 15.4 Å². The van der Waals surface area contributed by atoms with E-state index in [1.54, 1.807) is 0 Å². The number of allylic oxidation sites excluding steroid dienone is 1. The van der Waals surface area contributed by atoms with Crippen LogP contribution in [-0.2, 0) is 9.53 Å². The van der Waals surface area contributed by atoms with Crippen molar-refractivity contribution in [3.05, 3.63) is 50.7 Å². The monoisotopic (exact) mass is 343 g/mol. The van der Waals surface area contributed by atoms with Crippen LogP contribution in [0.25, 0.3) is 0 Å². The van der Waals surface area contributed by atoms with Gasteiger partial charge in [-0.1, -0.05) is 0 Å². The zero-order valence-electron chi connectivity index (χ0n) is 12.0. The van der Waals surface area contributed by atoms with Gasteiger partial charge in [0.2, 0.25) is 5.82 Å². The largest absolute Gasteiger partial charge is 0.466 e. The van der Waals surface area contributed by atoms with Crippen molar-refractivity contribution in [1.82, 2.24) is 10.6 Å². The summed E-state index contributed by atoms with van der Waals surface area (Å²) >= 11 is 4.95. The number of rotatable bonds is 3. The van der Waals surface area contributed by atoms with E-state index in [0.29, 0.717) is 11.8 Å². The van der Waals surface area contributed by atoms with Crippen LogP contribution >= 0.6 is 12.2 Å². The van der Waals surface area contributed by atoms with E-state index in [1.807, 2.05) is 0 Å². The lowest BCUT2D eigenvalue weighted by molar-refractivity contribution is -0.387. The maximum Gasteiger partial charge on any atom is 0.337 e. The Labute approximate surface area is 134 Å². The lowest BCUT2D eigenvalue weighted by atomic mass is 9.94. The zero-order chi connectivity index (χ0) is 17.3. The number of thiocarbonyl (C=S) groups is 1. The van der Waals surface area contributed by atoms with Gasteiger partial charge in [-0.25, -0.2) is 9.18 Å². The molecule has 2 rings (SSSR count). The Morgan fingerprint density at radius 2 is 2.04 bits per heavy atom. The highest BCUT2D eigenvalue weighted by Gasteiger charge is 2.34. The quantitative estimate of drug-likeness (QED) is 0.374. The molecule has 0 saturated carbocycles. The highest BCUT2D eigenvalue weighted by Crippen LogP contribution is 2.32. The minimum absolute atomic E-state index is 0.0130. The van der Waals surface area contributed by atoms with Crippen molar-refractivity contribution >= 4 is 29.0 Å². The number of hydrogen-bond donors (Lipinski definition) is 2. The molecular weight excluding hydrogens is 332 g/mol. The highest BCUT2D eigenvalue weighted by atomic mass is 32.1. The van der Waals surface area contributed by atoms with Crippen molar-refractivity contribution in [1.29, 1.82) is 0 Å². The maximum absolute atomic E-state index is 14.1. The van der Waals surface area contributed by atoms with Crippen LogP contribution in [0.5, 0.6) is 0 Å². The Morgan fingerprint density at radius 1 is 1.39 bits per heavy atom. The predicted octanol–water partition coefficient (Wildman–Crippen LogP) is 1.84. The first kappa shape index (κ1) is 16.7. The van der Waals surface area contributed by atoms with Gasteiger partial charge in [0.25, 0.3) is 0 Å². The van der Waals surface area contributed by atoms with E-state index < -0.39 is 34.3 Å². The fourth-order valence-electron chi connectivity index (χ4n) is 2.22. The summed E-state index contributed by atoms with van der Waals surface area (Å²) in [6, 6.07) is -0.0211. The number of methoxy groups -OCH3 is 1. The Hall–Kier alpha value is -2.62. The second-order valence-corrected chi connectivity index (χ2v) is 5.05. The van der Waals surface area contributed by atoms with Crippen molar-refractivity contribution in [2.24, 2.45) is 0 Å². The fourth-order valence-corrected chi connectivity index (χ4v) is 2.49. The number of nitro benzene ring substituents is 1. The predicted molar refractivity (Wildman–Crippen MR) is 79.3 cm³/mol. The van der Waals surface area contributed by atoms with Crippen LogP contribution in [0, 0.1) is 21.7 Å². The molecule has 10 heteroatoms. The van der Waals surface area contributed by atoms with E-state index in [1.165, 1.54) is 6.92 Å². The van der Waals surface area contributed by atoms with Crippen molar-refractivity contribution in [2.45, 2.75) is 13.0 Å². The first-order chi connectivity index (χ1) is 10.8. The summed E-state index contributed by atoms with van der Waals surface area (Å²) in [5.74, 6) is -3.14. The minimum Gasteiger partial charge on any atom is -0.466 e. The summed E-state index contributed by atoms with van der Waals surface area (Å²) in [5.41, 5.74) is -0.908. The maximum atomic E-state index is 14.1. The molecule has 23 heavy (non-hydrogen) atoms. The fraction of sp³-hybridized carbons (Fsp3) is 0.231. The molecule has 0 radical (unpaired) electrons. The smallest absolute Gasteiger partial charge is 0.337 e. The molecule has 1 aromatic carbocycles. The summed E-state index contributed by atoms with van der Waals surface area (Å²) in [6.45, 7) is 1.52. The average molecular weight is 343 g/mol. The number of esters is 1. The van der Waals surface area contributed by atoms with Crippen LogP contribution in [0.3, 0.4) is 0 Å². The second-order valence-electron chi connectivity index (χ2n) is 4.64. The van der Waals surface area contributed by atoms with Crippen LogP contribution in [0.1, 0.15) is 18.5 Å². The summed E-state index contributed by atoms with van der Waals surface area (Å²) in [4.78, 5) is 21.8. The lowest BCUT2D eigenvalue weighted by Gasteiger charge is -2.29. The molecule has 7 nitrogen and oxygen atoms in total. The average Bonchev–Trinajstić information content (AvgIpc) is 2.45. The first-order valence-electron chi connectivity index (χ1n) is 6.26. The molecule has 0 saturated heterocycles. The van der Waals surface area contributed by atoms with Gasteiger partial charge in [-0.15, -0.1) is 0 Å². The van der Waals surface area contributed by atoms with Crippen molar-refractivity contribution < 1.29 is 23.2 Å². The molecule has 0 fully saturated rings. The van der Waals surface area contributed by atoms with Crippen LogP contribution in [0.15, 0.2) is 23.4 Å². The van der Waals surface area contributed by atoms with Crippen LogP contribution in [0.4, 0.5) is 14.5 Å². The van der Waals surface area contributed by atoms with Crippen LogP contribution in [-0.4, -0.2) is 23.1 Å². The van der Waals surface area contributed by atoms with Gasteiger partial charge in [0.15, 0.2) is 5.11 Å². The lowest BCUT2D eigenvalue weighted by Crippen LogP contribution is -2.45. The molecular formula is C13H11F2N3O4S. The number of carbonyl (C=O) groups is 1. The molecule has 2 N–H and O–H groups in total. The normalized spacial score (nSPS) is 17.4. The van der Waals surface area contributed by atoms with Crippen molar-refractivity contribution in [2.75, 3.05) is 7.11 Å². The molecule has 0 aromatic heterocycles. The number of nitro groups is 1. The Morgan fingerprint density at radius 3 is 2.61 bits per heavy atom. The second kappa shape index (κ2) is 6.24. The SMILES string of the molecule is COC(=O)C1=C(C)NC(=S)NC1c1cc([N+](=O)[O-])c(F)cc1F. The molecule has 0 aliphatic carbocycles. The third-order valence-electron chi connectivity index (χ3n) is 3.25. The van der Waals surface area contributed by atoms with E-state index >= 15 is 0 Å². The number of ether oxygens (including phenoxy) is 1. The summed E-state index contributed by atoms with van der Waals surface area (Å²) in [7, 11) is 1.13. The minimum atomic E-state index is -1.31. The van der Waals surface area contributed by atoms with E-state index in [-0.39, 0.29) is 16.2 Å². The van der Waals surface area contributed by atoms with Crippen molar-refractivity contribution in [3.63, 3.8) is 0 Å². The molecule has 122 valence electrons. The van der Waals surface area contributed by atoms with Gasteiger partial charge in [-0.2, -0.15) is 4.39 Å². The van der Waals surface area contributed by atoms with Gasteiger partial charge < -0.3 is 15.4 Å². The van der Waals surface area contributed by atoms with Gasteiger partial charge in [-0.05, 0) is 19.1 Å². The molecule has 1 aliphatic heterocycles. The number of nitrogens with one attached hydrogen (secondary N) is 2. The Balaban J connectivity index is 2.65. The number of carbonyl (C=O) groups excluding carboxylic acids is 1. The van der Waals surface area contributed by atoms with Gasteiger partial charge in [-0.3, -0.25) is 10.1 Å². The van der Waals surface area contributed by atoms with E-state index in [0.717, 1.165) is 13.2 Å². The Bertz CT molecular complexity index is 751. The van der Waals surface area contributed by atoms with Crippen molar-refractivity contribution in [3.8, 4) is 0 Å². The van der Waals surface area contributed by atoms with E-state index in [4.69, 9.17) is 12.2 Å². The number of hydrogen-bond acceptors (Lipinski definition) is 5. The summed E-state index contributed by atoms with van der Waals surface area (Å²) < 4.78 is 32.2. The molecule has 0 amide bonds. The first-order valence-corrected chi connectivity index (χ1v) is 6.67. The van der Waals surface area contributed by atoms with Gasteiger partial charge in [0, 0.05) is 23.4 Å². The highest BCUT2D eigenvalue weighted by molar-refractivity contribution is 7.80. The summed E-state index contributed by atoms with van der Waals surface area (Å²) in [6.07, 6.45) is 0. The van der Waals surface area contributed by atoms with E-state index in [9.17, 15) is 23.7 Å². The number of nitrogens with zero attached hydrogens (tertiary/aromatic N) is 1. The Kier molecular flexibility index (Phi) is 4.55. The molecule has 1 unspecified atom stereocenters. The van der Waals surface area contributed by atoms with Gasteiger partial charge in [0.05, 0.1) is 23.6 Å². The number of halogens is 2. The van der Waals surface area contributed by atoms with Gasteiger partial charge in [0.1, 0.15) is 5.82 Å². The summed E-state index contributed by atoms with van der Waals surface area (Å²) in [5, 5.41) is 16.3. The molecule has 0 spiro atoms. The third kappa shape index (κ3) is 3.11. The topological polar surface area (TPSA) is 93.5 Å².